The number of ether oxygens (including phenoxy) is 3. The molecule has 2 heterocycles. The normalized spacial score (nSPS) is 46.2. The van der Waals surface area contributed by atoms with Crippen LogP contribution in [0.3, 0.4) is 0 Å². The van der Waals surface area contributed by atoms with E-state index >= 15 is 0 Å². The molecule has 0 aromatic carbocycles. The van der Waals surface area contributed by atoms with E-state index in [1.165, 1.54) is 6.92 Å². The number of hydrogen-bond donors (Lipinski definition) is 1. The van der Waals surface area contributed by atoms with Crippen LogP contribution in [0.15, 0.2) is 11.1 Å². The predicted molar refractivity (Wildman–Crippen MR) is 78.1 cm³/mol. The molecule has 0 spiro atoms. The van der Waals surface area contributed by atoms with E-state index in [0.29, 0.717) is 24.0 Å². The highest BCUT2D eigenvalue weighted by Gasteiger charge is 2.71. The van der Waals surface area contributed by atoms with Gasteiger partial charge < -0.3 is 19.3 Å². The maximum atomic E-state index is 12.4. The molecule has 0 bridgehead atoms. The summed E-state index contributed by atoms with van der Waals surface area (Å²) in [6, 6.07) is 0. The molecule has 2 aliphatic carbocycles. The van der Waals surface area contributed by atoms with Gasteiger partial charge in [0.2, 0.25) is 5.79 Å². The van der Waals surface area contributed by atoms with E-state index in [9.17, 15) is 19.5 Å². The molecule has 130 valence electrons. The van der Waals surface area contributed by atoms with E-state index < -0.39 is 35.3 Å². The number of carbonyl (C=O) groups excluding carboxylic acids is 3. The van der Waals surface area contributed by atoms with Crippen LogP contribution in [0, 0.1) is 17.3 Å². The molecule has 2 aliphatic heterocycles. The van der Waals surface area contributed by atoms with Gasteiger partial charge in [-0.25, -0.2) is 4.79 Å². The first-order valence-corrected chi connectivity index (χ1v) is 8.23. The molecule has 0 amide bonds. The Kier molecular flexibility index (Phi) is 2.99. The summed E-state index contributed by atoms with van der Waals surface area (Å²) in [5.41, 5.74) is 0.0162. The largest absolute Gasteiger partial charge is 0.462 e. The molecular formula is C17H20O7. The summed E-state index contributed by atoms with van der Waals surface area (Å²) in [7, 11) is 0. The van der Waals surface area contributed by atoms with E-state index in [-0.39, 0.29) is 24.2 Å². The van der Waals surface area contributed by atoms with Crippen LogP contribution in [0.4, 0.5) is 0 Å². The van der Waals surface area contributed by atoms with Crippen molar-refractivity contribution >= 4 is 17.9 Å². The summed E-state index contributed by atoms with van der Waals surface area (Å²) in [6.45, 7) is 4.84. The van der Waals surface area contributed by atoms with Crippen molar-refractivity contribution in [1.29, 1.82) is 0 Å². The van der Waals surface area contributed by atoms with Gasteiger partial charge in [-0.05, 0) is 19.8 Å². The topological polar surface area (TPSA) is 99.1 Å². The van der Waals surface area contributed by atoms with Crippen molar-refractivity contribution in [3.05, 3.63) is 11.1 Å². The van der Waals surface area contributed by atoms with Gasteiger partial charge in [-0.2, -0.15) is 0 Å². The number of rotatable bonds is 1. The first kappa shape index (κ1) is 15.6. The molecule has 1 N–H and O–H groups in total. The zero-order chi connectivity index (χ0) is 17.4. The molecule has 2 saturated carbocycles. The standard InChI is InChI=1S/C17H20O7/c1-7-12-13-16(3)9(15(20)23-13)4-5-11(22-8(2)18)10(16)6-17(12,21)24-14(7)19/h9-11,13,21H,4-6H2,1-3H3. The Morgan fingerprint density at radius 1 is 1.33 bits per heavy atom. The average Bonchev–Trinajstić information content (AvgIpc) is 2.85. The number of carbonyl (C=O) groups is 3. The Bertz CT molecular complexity index is 695. The fraction of sp³-hybridized carbons (Fsp3) is 0.706. The fourth-order valence-corrected chi connectivity index (χ4v) is 5.19. The Morgan fingerprint density at radius 3 is 2.71 bits per heavy atom. The van der Waals surface area contributed by atoms with Crippen molar-refractivity contribution in [1.82, 2.24) is 0 Å². The van der Waals surface area contributed by atoms with Gasteiger partial charge in [0, 0.05) is 30.3 Å². The van der Waals surface area contributed by atoms with Gasteiger partial charge in [-0.3, -0.25) is 9.59 Å². The first-order chi connectivity index (χ1) is 11.2. The molecule has 4 aliphatic rings. The summed E-state index contributed by atoms with van der Waals surface area (Å²) in [5, 5.41) is 10.9. The van der Waals surface area contributed by atoms with Gasteiger partial charge in [0.15, 0.2) is 0 Å². The van der Waals surface area contributed by atoms with Crippen LogP contribution in [0.1, 0.15) is 40.0 Å². The predicted octanol–water partition coefficient (Wildman–Crippen LogP) is 0.842. The summed E-state index contributed by atoms with van der Waals surface area (Å²) >= 11 is 0. The van der Waals surface area contributed by atoms with Crippen LogP contribution >= 0.6 is 0 Å². The van der Waals surface area contributed by atoms with E-state index in [1.807, 2.05) is 6.92 Å². The third-order valence-corrected chi connectivity index (χ3v) is 6.29. The molecule has 6 atom stereocenters. The zero-order valence-electron chi connectivity index (χ0n) is 13.8. The lowest BCUT2D eigenvalue weighted by molar-refractivity contribution is -0.224. The summed E-state index contributed by atoms with van der Waals surface area (Å²) in [4.78, 5) is 35.9. The third-order valence-electron chi connectivity index (χ3n) is 6.29. The molecule has 7 nitrogen and oxygen atoms in total. The quantitative estimate of drug-likeness (QED) is 0.559. The third kappa shape index (κ3) is 1.73. The molecule has 7 heteroatoms. The zero-order valence-corrected chi connectivity index (χ0v) is 13.8. The molecule has 0 radical (unpaired) electrons. The molecule has 0 aromatic heterocycles. The number of hydrogen-bond acceptors (Lipinski definition) is 7. The second-order valence-electron chi connectivity index (χ2n) is 7.48. The number of fused-ring (bicyclic) bond motifs is 2. The smallest absolute Gasteiger partial charge is 0.336 e. The molecule has 1 saturated heterocycles. The van der Waals surface area contributed by atoms with Crippen LogP contribution in [0.25, 0.3) is 0 Å². The van der Waals surface area contributed by atoms with Crippen molar-refractivity contribution in [3.8, 4) is 0 Å². The lowest BCUT2D eigenvalue weighted by atomic mass is 9.52. The van der Waals surface area contributed by atoms with Crippen molar-refractivity contribution in [2.45, 2.75) is 58.0 Å². The molecule has 3 fully saturated rings. The van der Waals surface area contributed by atoms with Crippen LogP contribution in [-0.2, 0) is 28.6 Å². The highest BCUT2D eigenvalue weighted by atomic mass is 16.7. The van der Waals surface area contributed by atoms with E-state index in [2.05, 4.69) is 0 Å². The Morgan fingerprint density at radius 2 is 2.04 bits per heavy atom. The van der Waals surface area contributed by atoms with Crippen LogP contribution in [0.5, 0.6) is 0 Å². The average molecular weight is 336 g/mol. The SMILES string of the molecule is CC(=O)OC1CCC2C(=O)OC3C4=C(C)C(=O)OC4(O)CC1C23C. The minimum Gasteiger partial charge on any atom is -0.462 e. The lowest BCUT2D eigenvalue weighted by Gasteiger charge is -2.53. The Hall–Kier alpha value is -1.89. The van der Waals surface area contributed by atoms with Crippen molar-refractivity contribution in [2.75, 3.05) is 0 Å². The number of esters is 3. The highest BCUT2D eigenvalue weighted by molar-refractivity contribution is 5.93. The minimum absolute atomic E-state index is 0.101. The van der Waals surface area contributed by atoms with E-state index in [1.54, 1.807) is 6.92 Å². The van der Waals surface area contributed by atoms with Gasteiger partial charge in [0.1, 0.15) is 12.2 Å². The first-order valence-electron chi connectivity index (χ1n) is 8.23. The molecule has 24 heavy (non-hydrogen) atoms. The van der Waals surface area contributed by atoms with Crippen molar-refractivity contribution < 1.29 is 33.7 Å². The molecule has 0 aromatic rings. The fourth-order valence-electron chi connectivity index (χ4n) is 5.19. The molecule has 6 unspecified atom stereocenters. The minimum atomic E-state index is -1.79. The highest BCUT2D eigenvalue weighted by Crippen LogP contribution is 2.63. The van der Waals surface area contributed by atoms with Crippen molar-refractivity contribution in [2.24, 2.45) is 17.3 Å². The molecule has 4 rings (SSSR count). The maximum absolute atomic E-state index is 12.4. The van der Waals surface area contributed by atoms with Crippen LogP contribution in [-0.4, -0.2) is 41.0 Å². The second-order valence-corrected chi connectivity index (χ2v) is 7.48. The summed E-state index contributed by atoms with van der Waals surface area (Å²) in [5.74, 6) is -3.78. The van der Waals surface area contributed by atoms with Gasteiger partial charge >= 0.3 is 17.9 Å². The second kappa shape index (κ2) is 4.59. The number of aliphatic hydroxyl groups is 1. The van der Waals surface area contributed by atoms with Crippen molar-refractivity contribution in [3.63, 3.8) is 0 Å². The lowest BCUT2D eigenvalue weighted by Crippen LogP contribution is -2.60. The van der Waals surface area contributed by atoms with E-state index in [4.69, 9.17) is 14.2 Å². The maximum Gasteiger partial charge on any atom is 0.336 e. The van der Waals surface area contributed by atoms with Gasteiger partial charge in [-0.1, -0.05) is 6.92 Å². The Labute approximate surface area is 138 Å². The Balaban J connectivity index is 1.85. The van der Waals surface area contributed by atoms with Gasteiger partial charge in [0.05, 0.1) is 11.5 Å². The van der Waals surface area contributed by atoms with E-state index in [0.717, 1.165) is 0 Å². The molecular weight excluding hydrogens is 316 g/mol. The van der Waals surface area contributed by atoms with Crippen LogP contribution in [0.2, 0.25) is 0 Å². The summed E-state index contributed by atoms with van der Waals surface area (Å²) < 4.78 is 16.3. The van der Waals surface area contributed by atoms with Gasteiger partial charge in [0.25, 0.3) is 0 Å². The van der Waals surface area contributed by atoms with Gasteiger partial charge in [-0.15, -0.1) is 0 Å². The monoisotopic (exact) mass is 336 g/mol. The van der Waals surface area contributed by atoms with Crippen LogP contribution < -0.4 is 0 Å². The summed E-state index contributed by atoms with van der Waals surface area (Å²) in [6.07, 6.45) is 0.00653.